The van der Waals surface area contributed by atoms with E-state index in [1.165, 1.54) is 4.90 Å². The molecule has 3 rings (SSSR count). The molecule has 3 aromatic rings. The molecule has 0 unspecified atom stereocenters. The average Bonchev–Trinajstić information content (AvgIpc) is 2.67. The second-order valence-electron chi connectivity index (χ2n) is 6.38. The first-order valence-electron chi connectivity index (χ1n) is 8.61. The van der Waals surface area contributed by atoms with Crippen molar-refractivity contribution in [2.45, 2.75) is 19.9 Å². The highest BCUT2D eigenvalue weighted by Gasteiger charge is 2.15. The van der Waals surface area contributed by atoms with Gasteiger partial charge in [0.05, 0.1) is 11.9 Å². The van der Waals surface area contributed by atoms with Crippen LogP contribution in [0.3, 0.4) is 0 Å². The standard InChI is InChI=1S/C20H19ClN6O/c1-12(2)27(11-22)19(23)15-4-3-5-18(25-15)26-20(28)14-7-6-13-8-9-17(21)24-16(13)10-14/h3-12,22-23H,1-2H3,(H,25,26,28). The maximum absolute atomic E-state index is 12.6. The number of nitrogens with zero attached hydrogens (tertiary/aromatic N) is 3. The van der Waals surface area contributed by atoms with Gasteiger partial charge in [0.25, 0.3) is 5.91 Å². The number of anilines is 1. The number of amides is 1. The molecule has 0 saturated carbocycles. The number of carbonyl (C=O) groups excluding carboxylic acids is 1. The number of fused-ring (bicyclic) bond motifs is 1. The van der Waals surface area contributed by atoms with E-state index in [4.69, 9.17) is 22.4 Å². The van der Waals surface area contributed by atoms with Crippen molar-refractivity contribution >= 4 is 46.4 Å². The van der Waals surface area contributed by atoms with Gasteiger partial charge in [0.1, 0.15) is 16.7 Å². The Morgan fingerprint density at radius 3 is 2.64 bits per heavy atom. The van der Waals surface area contributed by atoms with Gasteiger partial charge in [-0.2, -0.15) is 0 Å². The third-order valence-corrected chi connectivity index (χ3v) is 4.32. The molecule has 0 atom stereocenters. The summed E-state index contributed by atoms with van der Waals surface area (Å²) >= 11 is 5.93. The summed E-state index contributed by atoms with van der Waals surface area (Å²) in [6.07, 6.45) is 1.09. The lowest BCUT2D eigenvalue weighted by Gasteiger charge is -2.23. The van der Waals surface area contributed by atoms with Crippen LogP contribution in [0.4, 0.5) is 5.82 Å². The van der Waals surface area contributed by atoms with E-state index >= 15 is 0 Å². The predicted molar refractivity (Wildman–Crippen MR) is 112 cm³/mol. The Bertz CT molecular complexity index is 1070. The Morgan fingerprint density at radius 2 is 1.93 bits per heavy atom. The van der Waals surface area contributed by atoms with Gasteiger partial charge in [-0.15, -0.1) is 0 Å². The quantitative estimate of drug-likeness (QED) is 0.343. The Kier molecular flexibility index (Phi) is 5.65. The van der Waals surface area contributed by atoms with E-state index in [1.54, 1.807) is 42.5 Å². The van der Waals surface area contributed by atoms with Crippen LogP contribution in [0.2, 0.25) is 5.15 Å². The van der Waals surface area contributed by atoms with Gasteiger partial charge in [-0.1, -0.05) is 23.7 Å². The van der Waals surface area contributed by atoms with Crippen LogP contribution in [0.15, 0.2) is 48.5 Å². The van der Waals surface area contributed by atoms with E-state index in [1.807, 2.05) is 19.9 Å². The molecule has 1 aromatic carbocycles. The predicted octanol–water partition coefficient (Wildman–Crippen LogP) is 4.18. The summed E-state index contributed by atoms with van der Waals surface area (Å²) < 4.78 is 0. The van der Waals surface area contributed by atoms with Crippen molar-refractivity contribution in [2.24, 2.45) is 0 Å². The first-order chi connectivity index (χ1) is 13.4. The zero-order valence-electron chi connectivity index (χ0n) is 15.4. The molecular formula is C20H19ClN6O. The Morgan fingerprint density at radius 1 is 1.18 bits per heavy atom. The Labute approximate surface area is 167 Å². The molecule has 0 aliphatic carbocycles. The Balaban J connectivity index is 1.83. The molecule has 1 amide bonds. The SMILES string of the molecule is CC(C)N(C=N)C(=N)c1cccc(NC(=O)c2ccc3ccc(Cl)nc3c2)n1. The summed E-state index contributed by atoms with van der Waals surface area (Å²) in [7, 11) is 0. The highest BCUT2D eigenvalue weighted by atomic mass is 35.5. The number of hydrogen-bond acceptors (Lipinski definition) is 5. The highest BCUT2D eigenvalue weighted by Crippen LogP contribution is 2.18. The molecule has 0 radical (unpaired) electrons. The number of rotatable bonds is 5. The van der Waals surface area contributed by atoms with E-state index in [2.05, 4.69) is 15.3 Å². The van der Waals surface area contributed by atoms with Crippen molar-refractivity contribution in [1.82, 2.24) is 14.9 Å². The largest absolute Gasteiger partial charge is 0.314 e. The molecule has 0 fully saturated rings. The van der Waals surface area contributed by atoms with E-state index in [0.717, 1.165) is 11.7 Å². The van der Waals surface area contributed by atoms with Crippen molar-refractivity contribution in [3.05, 3.63) is 64.9 Å². The number of pyridine rings is 2. The van der Waals surface area contributed by atoms with E-state index in [9.17, 15) is 4.79 Å². The van der Waals surface area contributed by atoms with Crippen LogP contribution in [0, 0.1) is 10.8 Å². The lowest BCUT2D eigenvalue weighted by Crippen LogP contribution is -2.36. The fourth-order valence-electron chi connectivity index (χ4n) is 2.66. The van der Waals surface area contributed by atoms with Gasteiger partial charge in [0.2, 0.25) is 0 Å². The lowest BCUT2D eigenvalue weighted by molar-refractivity contribution is 0.102. The minimum absolute atomic E-state index is 0.0537. The minimum Gasteiger partial charge on any atom is -0.314 e. The summed E-state index contributed by atoms with van der Waals surface area (Å²) in [4.78, 5) is 22.6. The topological polar surface area (TPSA) is 106 Å². The summed E-state index contributed by atoms with van der Waals surface area (Å²) in [6.45, 7) is 3.76. The third-order valence-electron chi connectivity index (χ3n) is 4.11. The van der Waals surface area contributed by atoms with Crippen LogP contribution in [0.1, 0.15) is 29.9 Å². The van der Waals surface area contributed by atoms with Gasteiger partial charge in [-0.25, -0.2) is 9.97 Å². The molecule has 7 nitrogen and oxygen atoms in total. The van der Waals surface area contributed by atoms with Crippen molar-refractivity contribution in [1.29, 1.82) is 10.8 Å². The first-order valence-corrected chi connectivity index (χ1v) is 8.99. The molecule has 3 N–H and O–H groups in total. The Hall–Kier alpha value is -3.32. The van der Waals surface area contributed by atoms with E-state index in [0.29, 0.717) is 27.7 Å². The van der Waals surface area contributed by atoms with E-state index in [-0.39, 0.29) is 17.8 Å². The van der Waals surface area contributed by atoms with Gasteiger partial charge in [0.15, 0.2) is 5.84 Å². The number of halogens is 1. The summed E-state index contributed by atoms with van der Waals surface area (Å²) in [5, 5.41) is 19.7. The second kappa shape index (κ2) is 8.14. The number of benzene rings is 1. The maximum Gasteiger partial charge on any atom is 0.256 e. The number of amidine groups is 1. The molecule has 0 saturated heterocycles. The number of aromatic nitrogens is 2. The van der Waals surface area contributed by atoms with Crippen LogP contribution in [-0.4, -0.2) is 39.0 Å². The van der Waals surface area contributed by atoms with Crippen LogP contribution in [-0.2, 0) is 0 Å². The van der Waals surface area contributed by atoms with Crippen molar-refractivity contribution in [3.63, 3.8) is 0 Å². The van der Waals surface area contributed by atoms with Crippen LogP contribution in [0.25, 0.3) is 10.9 Å². The average molecular weight is 395 g/mol. The molecule has 8 heteroatoms. The molecule has 0 bridgehead atoms. The zero-order valence-corrected chi connectivity index (χ0v) is 16.2. The van der Waals surface area contributed by atoms with Crippen LogP contribution < -0.4 is 5.32 Å². The van der Waals surface area contributed by atoms with Crippen LogP contribution in [0.5, 0.6) is 0 Å². The van der Waals surface area contributed by atoms with Gasteiger partial charge >= 0.3 is 0 Å². The second-order valence-corrected chi connectivity index (χ2v) is 6.77. The molecule has 28 heavy (non-hydrogen) atoms. The highest BCUT2D eigenvalue weighted by molar-refractivity contribution is 6.29. The zero-order chi connectivity index (χ0) is 20.3. The molecular weight excluding hydrogens is 376 g/mol. The summed E-state index contributed by atoms with van der Waals surface area (Å²) in [5.74, 6) is 0.0679. The summed E-state index contributed by atoms with van der Waals surface area (Å²) in [5.41, 5.74) is 1.41. The molecule has 142 valence electrons. The molecule has 2 aromatic heterocycles. The van der Waals surface area contributed by atoms with Crippen LogP contribution >= 0.6 is 11.6 Å². The fourth-order valence-corrected chi connectivity index (χ4v) is 2.82. The van der Waals surface area contributed by atoms with Gasteiger partial charge in [0, 0.05) is 17.0 Å². The van der Waals surface area contributed by atoms with Gasteiger partial charge in [-0.05, 0) is 50.2 Å². The normalized spacial score (nSPS) is 10.7. The van der Waals surface area contributed by atoms with Gasteiger partial charge in [-0.3, -0.25) is 15.6 Å². The lowest BCUT2D eigenvalue weighted by atomic mass is 10.1. The fraction of sp³-hybridized carbons (Fsp3) is 0.150. The van der Waals surface area contributed by atoms with Crippen molar-refractivity contribution < 1.29 is 4.79 Å². The van der Waals surface area contributed by atoms with Crippen molar-refractivity contribution in [2.75, 3.05) is 5.32 Å². The van der Waals surface area contributed by atoms with E-state index < -0.39 is 0 Å². The molecule has 0 spiro atoms. The molecule has 2 heterocycles. The summed E-state index contributed by atoms with van der Waals surface area (Å²) in [6, 6.07) is 13.7. The number of hydrogen-bond donors (Lipinski definition) is 3. The smallest absolute Gasteiger partial charge is 0.256 e. The first kappa shape index (κ1) is 19.4. The van der Waals surface area contributed by atoms with Crippen molar-refractivity contribution in [3.8, 4) is 0 Å². The molecule has 0 aliphatic heterocycles. The third kappa shape index (κ3) is 4.15. The monoisotopic (exact) mass is 394 g/mol. The van der Waals surface area contributed by atoms with Gasteiger partial charge < -0.3 is 10.2 Å². The maximum atomic E-state index is 12.6. The number of nitrogens with one attached hydrogen (secondary N) is 3. The molecule has 0 aliphatic rings. The minimum atomic E-state index is -0.340. The number of carbonyl (C=O) groups is 1.